The number of hydrogen-bond acceptors (Lipinski definition) is 1. The average Bonchev–Trinajstić information content (AvgIpc) is 2.53. The summed E-state index contributed by atoms with van der Waals surface area (Å²) < 4.78 is 6.15. The zero-order valence-electron chi connectivity index (χ0n) is 15.9. The van der Waals surface area contributed by atoms with Crippen LogP contribution in [0.5, 0.6) is 0 Å². The smallest absolute Gasteiger partial charge is 0.0586 e. The summed E-state index contributed by atoms with van der Waals surface area (Å²) >= 11 is 0. The van der Waals surface area contributed by atoms with Gasteiger partial charge >= 0.3 is 0 Å². The van der Waals surface area contributed by atoms with Gasteiger partial charge in [-0.05, 0) is 52.3 Å². The second-order valence-electron chi connectivity index (χ2n) is 9.23. The van der Waals surface area contributed by atoms with Crippen LogP contribution in [0.1, 0.15) is 59.4 Å². The molecule has 0 aliphatic carbocycles. The third kappa shape index (κ3) is 3.83. The molecule has 1 heteroatoms. The minimum atomic E-state index is 0.133. The topological polar surface area (TPSA) is 9.23 Å². The van der Waals surface area contributed by atoms with E-state index < -0.39 is 0 Å². The molecule has 0 bridgehead atoms. The zero-order valence-corrected chi connectivity index (χ0v) is 15.9. The molecule has 0 radical (unpaired) electrons. The second-order valence-corrected chi connectivity index (χ2v) is 9.23. The van der Waals surface area contributed by atoms with Gasteiger partial charge in [-0.1, -0.05) is 77.1 Å². The molecule has 24 heavy (non-hydrogen) atoms. The molecule has 0 saturated carbocycles. The van der Waals surface area contributed by atoms with Crippen LogP contribution in [-0.4, -0.2) is 12.7 Å². The van der Waals surface area contributed by atoms with Crippen LogP contribution < -0.4 is 0 Å². The Balaban J connectivity index is 1.77. The Morgan fingerprint density at radius 3 is 2.38 bits per heavy atom. The molecule has 2 unspecified atom stereocenters. The molecule has 1 heterocycles. The van der Waals surface area contributed by atoms with E-state index in [-0.39, 0.29) is 5.41 Å². The van der Waals surface area contributed by atoms with E-state index in [4.69, 9.17) is 4.74 Å². The highest BCUT2D eigenvalue weighted by atomic mass is 16.5. The fourth-order valence-corrected chi connectivity index (χ4v) is 4.11. The molecule has 1 aliphatic rings. The van der Waals surface area contributed by atoms with Gasteiger partial charge in [-0.25, -0.2) is 0 Å². The van der Waals surface area contributed by atoms with E-state index >= 15 is 0 Å². The van der Waals surface area contributed by atoms with E-state index in [0.29, 0.717) is 11.5 Å². The van der Waals surface area contributed by atoms with Gasteiger partial charge in [0.05, 0.1) is 6.10 Å². The fourth-order valence-electron chi connectivity index (χ4n) is 4.11. The Morgan fingerprint density at radius 1 is 0.958 bits per heavy atom. The van der Waals surface area contributed by atoms with E-state index in [1.165, 1.54) is 29.2 Å². The zero-order chi connectivity index (χ0) is 17.4. The Morgan fingerprint density at radius 2 is 1.67 bits per heavy atom. The van der Waals surface area contributed by atoms with Gasteiger partial charge in [0.1, 0.15) is 0 Å². The van der Waals surface area contributed by atoms with Crippen LogP contribution in [0.2, 0.25) is 0 Å². The molecular formula is C23H32O. The van der Waals surface area contributed by atoms with Gasteiger partial charge in [0.15, 0.2) is 0 Å². The van der Waals surface area contributed by atoms with E-state index in [2.05, 4.69) is 77.1 Å². The first kappa shape index (κ1) is 17.5. The summed E-state index contributed by atoms with van der Waals surface area (Å²) in [6.45, 7) is 12.8. The molecule has 0 N–H and O–H groups in total. The predicted octanol–water partition coefficient (Wildman–Crippen LogP) is 6.35. The summed E-state index contributed by atoms with van der Waals surface area (Å²) in [4.78, 5) is 0. The summed E-state index contributed by atoms with van der Waals surface area (Å²) in [7, 11) is 0. The molecule has 1 saturated heterocycles. The van der Waals surface area contributed by atoms with Crippen molar-refractivity contribution >= 4 is 10.8 Å². The average molecular weight is 325 g/mol. The summed E-state index contributed by atoms with van der Waals surface area (Å²) in [5, 5.41) is 2.65. The van der Waals surface area contributed by atoms with E-state index in [1.807, 2.05) is 0 Å². The molecule has 130 valence electrons. The van der Waals surface area contributed by atoms with Gasteiger partial charge in [-0.15, -0.1) is 0 Å². The third-order valence-corrected chi connectivity index (χ3v) is 5.86. The van der Waals surface area contributed by atoms with Crippen molar-refractivity contribution in [3.8, 4) is 0 Å². The SMILES string of the molecule is CC(C)(CC1CC(C(C)(C)C)CCO1)c1ccc2ccccc2c1. The van der Waals surface area contributed by atoms with E-state index in [0.717, 1.165) is 18.9 Å². The quantitative estimate of drug-likeness (QED) is 0.639. The maximum Gasteiger partial charge on any atom is 0.0586 e. The number of ether oxygens (including phenoxy) is 1. The van der Waals surface area contributed by atoms with Crippen LogP contribution in [0.3, 0.4) is 0 Å². The van der Waals surface area contributed by atoms with Gasteiger partial charge in [0.2, 0.25) is 0 Å². The summed E-state index contributed by atoms with van der Waals surface area (Å²) in [6, 6.07) is 15.5. The first-order valence-electron chi connectivity index (χ1n) is 9.36. The maximum atomic E-state index is 6.15. The molecule has 1 fully saturated rings. The van der Waals surface area contributed by atoms with Crippen molar-refractivity contribution in [1.82, 2.24) is 0 Å². The van der Waals surface area contributed by atoms with Crippen LogP contribution in [-0.2, 0) is 10.2 Å². The Kier molecular flexibility index (Phi) is 4.75. The largest absolute Gasteiger partial charge is 0.378 e. The molecule has 2 aromatic carbocycles. The lowest BCUT2D eigenvalue weighted by Gasteiger charge is -2.40. The van der Waals surface area contributed by atoms with Crippen molar-refractivity contribution in [1.29, 1.82) is 0 Å². The highest BCUT2D eigenvalue weighted by molar-refractivity contribution is 5.83. The Bertz CT molecular complexity index is 692. The van der Waals surface area contributed by atoms with Crippen LogP contribution in [0.25, 0.3) is 10.8 Å². The molecule has 0 amide bonds. The highest BCUT2D eigenvalue weighted by Crippen LogP contribution is 2.40. The number of rotatable bonds is 3. The lowest BCUT2D eigenvalue weighted by molar-refractivity contribution is -0.0461. The van der Waals surface area contributed by atoms with Gasteiger partial charge in [0, 0.05) is 6.61 Å². The van der Waals surface area contributed by atoms with Gasteiger partial charge in [-0.2, -0.15) is 0 Å². The minimum Gasteiger partial charge on any atom is -0.378 e. The fraction of sp³-hybridized carbons (Fsp3) is 0.565. The van der Waals surface area contributed by atoms with Crippen molar-refractivity contribution in [3.63, 3.8) is 0 Å². The summed E-state index contributed by atoms with van der Waals surface area (Å²) in [6.07, 6.45) is 3.87. The Hall–Kier alpha value is -1.34. The molecule has 3 rings (SSSR count). The van der Waals surface area contributed by atoms with Gasteiger partial charge < -0.3 is 4.74 Å². The normalized spacial score (nSPS) is 22.7. The minimum absolute atomic E-state index is 0.133. The van der Waals surface area contributed by atoms with Crippen LogP contribution in [0, 0.1) is 11.3 Å². The number of fused-ring (bicyclic) bond motifs is 1. The van der Waals surface area contributed by atoms with E-state index in [1.54, 1.807) is 0 Å². The van der Waals surface area contributed by atoms with E-state index in [9.17, 15) is 0 Å². The van der Waals surface area contributed by atoms with Crippen molar-refractivity contribution < 1.29 is 4.74 Å². The standard InChI is InChI=1S/C23H32O/c1-22(2,3)19-12-13-24-21(15-19)16-23(4,5)20-11-10-17-8-6-7-9-18(17)14-20/h6-11,14,19,21H,12-13,15-16H2,1-5H3. The molecule has 1 aliphatic heterocycles. The number of hydrogen-bond donors (Lipinski definition) is 0. The van der Waals surface area contributed by atoms with Crippen molar-refractivity contribution in [2.75, 3.05) is 6.61 Å². The van der Waals surface area contributed by atoms with Crippen molar-refractivity contribution in [3.05, 3.63) is 48.0 Å². The predicted molar refractivity (Wildman–Crippen MR) is 104 cm³/mol. The molecule has 2 aromatic rings. The van der Waals surface area contributed by atoms with Gasteiger partial charge in [-0.3, -0.25) is 0 Å². The monoisotopic (exact) mass is 324 g/mol. The summed E-state index contributed by atoms with van der Waals surface area (Å²) in [5.41, 5.74) is 1.94. The van der Waals surface area contributed by atoms with Crippen LogP contribution >= 0.6 is 0 Å². The van der Waals surface area contributed by atoms with Crippen molar-refractivity contribution in [2.24, 2.45) is 11.3 Å². The van der Waals surface area contributed by atoms with Gasteiger partial charge in [0.25, 0.3) is 0 Å². The first-order chi connectivity index (χ1) is 11.3. The second kappa shape index (κ2) is 6.52. The molecule has 0 spiro atoms. The molecule has 1 nitrogen and oxygen atoms in total. The first-order valence-corrected chi connectivity index (χ1v) is 9.36. The number of benzene rings is 2. The van der Waals surface area contributed by atoms with Crippen LogP contribution in [0.4, 0.5) is 0 Å². The maximum absolute atomic E-state index is 6.15. The lowest BCUT2D eigenvalue weighted by atomic mass is 9.71. The van der Waals surface area contributed by atoms with Crippen LogP contribution in [0.15, 0.2) is 42.5 Å². The lowest BCUT2D eigenvalue weighted by Crippen LogP contribution is -2.36. The Labute approximate surface area is 147 Å². The molecular weight excluding hydrogens is 292 g/mol. The molecule has 2 atom stereocenters. The highest BCUT2D eigenvalue weighted by Gasteiger charge is 2.34. The summed E-state index contributed by atoms with van der Waals surface area (Å²) in [5.74, 6) is 0.767. The molecule has 0 aromatic heterocycles. The van der Waals surface area contributed by atoms with Crippen molar-refractivity contribution in [2.45, 2.75) is 65.4 Å². The third-order valence-electron chi connectivity index (χ3n) is 5.86.